The Morgan fingerprint density at radius 1 is 1.19 bits per heavy atom. The van der Waals surface area contributed by atoms with Gasteiger partial charge in [-0.05, 0) is 42.9 Å². The van der Waals surface area contributed by atoms with Crippen LogP contribution in [-0.4, -0.2) is 15.6 Å². The van der Waals surface area contributed by atoms with E-state index in [1.165, 1.54) is 28.2 Å². The largest absolute Gasteiger partial charge is 0.319 e. The van der Waals surface area contributed by atoms with Crippen molar-refractivity contribution in [3.05, 3.63) is 62.7 Å². The Kier molecular flexibility index (Phi) is 4.86. The molecule has 0 spiro atoms. The molecule has 0 atom stereocenters. The fraction of sp³-hybridized carbons (Fsp3) is 0.105. The predicted octanol–water partition coefficient (Wildman–Crippen LogP) is 5.03. The molecule has 0 bridgehead atoms. The molecule has 0 fully saturated rings. The summed E-state index contributed by atoms with van der Waals surface area (Å²) in [4.78, 5) is 18.2. The number of aryl methyl sites for hydroxylation is 2. The minimum Gasteiger partial charge on any atom is -0.319 e. The summed E-state index contributed by atoms with van der Waals surface area (Å²) in [5.74, 6) is -0.338. The van der Waals surface area contributed by atoms with E-state index in [4.69, 9.17) is 23.8 Å². The molecular weight excluding hydrogens is 418 g/mol. The van der Waals surface area contributed by atoms with Gasteiger partial charge < -0.3 is 4.57 Å². The second kappa shape index (κ2) is 7.16. The van der Waals surface area contributed by atoms with Crippen LogP contribution in [0.4, 0.5) is 0 Å². The summed E-state index contributed by atoms with van der Waals surface area (Å²) < 4.78 is 4.05. The number of carbonyl (C=O) groups is 1. The zero-order chi connectivity index (χ0) is 19.1. The van der Waals surface area contributed by atoms with E-state index in [2.05, 4.69) is 35.4 Å². The van der Waals surface area contributed by atoms with Gasteiger partial charge in [0.15, 0.2) is 4.80 Å². The van der Waals surface area contributed by atoms with E-state index < -0.39 is 0 Å². The number of thiocarbonyl (C=S) groups is 1. The van der Waals surface area contributed by atoms with Crippen molar-refractivity contribution in [2.24, 2.45) is 12.0 Å². The number of hydrogen-bond acceptors (Lipinski definition) is 4. The van der Waals surface area contributed by atoms with Gasteiger partial charge >= 0.3 is 0 Å². The molecule has 4 rings (SSSR count). The molecule has 0 unspecified atom stereocenters. The summed E-state index contributed by atoms with van der Waals surface area (Å²) in [6, 6.07) is 13.9. The van der Waals surface area contributed by atoms with Crippen LogP contribution >= 0.6 is 46.5 Å². The zero-order valence-electron chi connectivity index (χ0n) is 14.4. The number of rotatable bonds is 1. The highest BCUT2D eigenvalue weighted by Gasteiger charge is 2.17. The van der Waals surface area contributed by atoms with E-state index in [1.807, 2.05) is 35.9 Å². The molecule has 4 aromatic rings. The molecule has 1 N–H and O–H groups in total. The minimum absolute atomic E-state index is 0.118. The second-order valence-corrected chi connectivity index (χ2v) is 8.85. The first-order valence-corrected chi connectivity index (χ1v) is 10.5. The van der Waals surface area contributed by atoms with Gasteiger partial charge in [0.2, 0.25) is 5.11 Å². The van der Waals surface area contributed by atoms with Crippen molar-refractivity contribution in [2.75, 3.05) is 0 Å². The average Bonchev–Trinajstić information content (AvgIpc) is 3.12. The van der Waals surface area contributed by atoms with Gasteiger partial charge in [-0.3, -0.25) is 10.1 Å². The Balaban J connectivity index is 1.64. The lowest BCUT2D eigenvalue weighted by Gasteiger charge is -2.01. The molecule has 8 heteroatoms. The average molecular weight is 432 g/mol. The van der Waals surface area contributed by atoms with Crippen molar-refractivity contribution in [3.63, 3.8) is 0 Å². The van der Waals surface area contributed by atoms with Crippen molar-refractivity contribution in [2.45, 2.75) is 6.92 Å². The number of amides is 1. The molecule has 27 heavy (non-hydrogen) atoms. The van der Waals surface area contributed by atoms with E-state index in [0.717, 1.165) is 25.1 Å². The number of nitrogens with zero attached hydrogens (tertiary/aromatic N) is 2. The summed E-state index contributed by atoms with van der Waals surface area (Å²) in [6.45, 7) is 2.05. The highest BCUT2D eigenvalue weighted by Crippen LogP contribution is 2.34. The summed E-state index contributed by atoms with van der Waals surface area (Å²) in [7, 11) is 1.93. The zero-order valence-corrected chi connectivity index (χ0v) is 17.7. The van der Waals surface area contributed by atoms with Gasteiger partial charge in [0.05, 0.1) is 15.2 Å². The van der Waals surface area contributed by atoms with Gasteiger partial charge in [-0.25, -0.2) is 0 Å². The maximum Gasteiger partial charge on any atom is 0.269 e. The third kappa shape index (κ3) is 3.43. The molecule has 0 aliphatic carbocycles. The molecule has 2 aromatic carbocycles. The lowest BCUT2D eigenvalue weighted by Crippen LogP contribution is -2.29. The number of thiophene rings is 1. The molecule has 0 aliphatic rings. The fourth-order valence-electron chi connectivity index (χ4n) is 2.78. The predicted molar refractivity (Wildman–Crippen MR) is 118 cm³/mol. The van der Waals surface area contributed by atoms with E-state index in [1.54, 1.807) is 0 Å². The fourth-order valence-corrected chi connectivity index (χ4v) is 5.55. The van der Waals surface area contributed by atoms with Gasteiger partial charge in [0.1, 0.15) is 4.88 Å². The van der Waals surface area contributed by atoms with Crippen molar-refractivity contribution in [1.82, 2.24) is 9.88 Å². The number of thiazole rings is 1. The molecule has 2 heterocycles. The van der Waals surface area contributed by atoms with Crippen molar-refractivity contribution < 1.29 is 4.79 Å². The Hall–Kier alpha value is -2.06. The minimum atomic E-state index is -0.338. The molecule has 0 aliphatic heterocycles. The van der Waals surface area contributed by atoms with Gasteiger partial charge in [0.25, 0.3) is 5.91 Å². The molecule has 1 amide bonds. The molecule has 0 saturated heterocycles. The molecule has 4 nitrogen and oxygen atoms in total. The smallest absolute Gasteiger partial charge is 0.269 e. The van der Waals surface area contributed by atoms with Crippen LogP contribution in [-0.2, 0) is 7.05 Å². The lowest BCUT2D eigenvalue weighted by molar-refractivity contribution is 0.0981. The number of aromatic nitrogens is 1. The van der Waals surface area contributed by atoms with Crippen LogP contribution in [0.15, 0.2) is 47.5 Å². The van der Waals surface area contributed by atoms with E-state index >= 15 is 0 Å². The number of benzene rings is 2. The molecule has 136 valence electrons. The van der Waals surface area contributed by atoms with Crippen LogP contribution < -0.4 is 10.1 Å². The number of nitrogens with one attached hydrogen (secondary N) is 1. The van der Waals surface area contributed by atoms with Gasteiger partial charge in [0, 0.05) is 17.1 Å². The quantitative estimate of drug-likeness (QED) is 0.429. The van der Waals surface area contributed by atoms with Crippen LogP contribution in [0, 0.1) is 6.92 Å². The summed E-state index contributed by atoms with van der Waals surface area (Å²) in [5, 5.41) is 4.10. The summed E-state index contributed by atoms with van der Waals surface area (Å²) >= 11 is 14.5. The highest BCUT2D eigenvalue weighted by atomic mass is 35.5. The topological polar surface area (TPSA) is 46.4 Å². The number of hydrogen-bond donors (Lipinski definition) is 1. The monoisotopic (exact) mass is 431 g/mol. The van der Waals surface area contributed by atoms with Gasteiger partial charge in [-0.1, -0.05) is 47.2 Å². The summed E-state index contributed by atoms with van der Waals surface area (Å²) in [6.07, 6.45) is 0. The van der Waals surface area contributed by atoms with E-state index in [9.17, 15) is 4.79 Å². The van der Waals surface area contributed by atoms with Crippen molar-refractivity contribution in [1.29, 1.82) is 0 Å². The maximum absolute atomic E-state index is 12.6. The Labute approximate surface area is 173 Å². The third-order valence-electron chi connectivity index (χ3n) is 4.12. The Morgan fingerprint density at radius 2 is 1.96 bits per heavy atom. The van der Waals surface area contributed by atoms with E-state index in [0.29, 0.717) is 9.90 Å². The van der Waals surface area contributed by atoms with E-state index in [-0.39, 0.29) is 11.0 Å². The van der Waals surface area contributed by atoms with Crippen molar-refractivity contribution in [3.8, 4) is 0 Å². The first-order chi connectivity index (χ1) is 12.9. The van der Waals surface area contributed by atoms with Crippen LogP contribution in [0.5, 0.6) is 0 Å². The highest BCUT2D eigenvalue weighted by molar-refractivity contribution is 7.80. The van der Waals surface area contributed by atoms with Gasteiger partial charge in [-0.2, -0.15) is 4.99 Å². The molecule has 2 aromatic heterocycles. The Morgan fingerprint density at radius 3 is 2.74 bits per heavy atom. The third-order valence-corrected chi connectivity index (χ3v) is 7.09. The summed E-state index contributed by atoms with van der Waals surface area (Å²) in [5.41, 5.74) is 2.26. The first kappa shape index (κ1) is 18.3. The Bertz CT molecular complexity index is 1280. The van der Waals surface area contributed by atoms with Crippen LogP contribution in [0.1, 0.15) is 15.2 Å². The molecule has 0 saturated carbocycles. The second-order valence-electron chi connectivity index (χ2n) is 6.03. The molecule has 0 radical (unpaired) electrons. The standard InChI is InChI=1S/C19H14ClN3OS3/c1-10-7-8-12-14(9-10)27-19(23(12)2)22-18(25)21-17(24)16-15(20)11-5-3-4-6-13(11)26-16/h3-9H,1-2H3,(H,21,24,25). The SMILES string of the molecule is Cc1ccc2c(c1)sc(=NC(=S)NC(=O)c1sc3ccccc3c1Cl)n2C. The number of halogens is 1. The van der Waals surface area contributed by atoms with Crippen LogP contribution in [0.2, 0.25) is 5.02 Å². The number of carbonyl (C=O) groups excluding carboxylic acids is 1. The number of fused-ring (bicyclic) bond motifs is 2. The first-order valence-electron chi connectivity index (χ1n) is 8.07. The van der Waals surface area contributed by atoms with Gasteiger partial charge in [-0.15, -0.1) is 11.3 Å². The van der Waals surface area contributed by atoms with Crippen molar-refractivity contribution >= 4 is 77.8 Å². The maximum atomic E-state index is 12.6. The lowest BCUT2D eigenvalue weighted by atomic mass is 10.2. The normalized spacial score (nSPS) is 12.0. The van der Waals surface area contributed by atoms with Crippen LogP contribution in [0.25, 0.3) is 20.3 Å². The molecular formula is C19H14ClN3OS3. The van der Waals surface area contributed by atoms with Crippen LogP contribution in [0.3, 0.4) is 0 Å².